The van der Waals surface area contributed by atoms with Crippen molar-refractivity contribution in [2.24, 2.45) is 0 Å². The molecule has 29 heavy (non-hydrogen) atoms. The van der Waals surface area contributed by atoms with E-state index in [1.54, 1.807) is 11.0 Å². The van der Waals surface area contributed by atoms with Gasteiger partial charge in [-0.1, -0.05) is 52.4 Å². The third kappa shape index (κ3) is 5.58. The Hall–Kier alpha value is -1.90. The molecular weight excluding hydrogens is 474 g/mol. The van der Waals surface area contributed by atoms with Gasteiger partial charge < -0.3 is 9.52 Å². The summed E-state index contributed by atoms with van der Waals surface area (Å²) >= 11 is 10.2. The molecule has 0 spiro atoms. The summed E-state index contributed by atoms with van der Waals surface area (Å²) in [4.78, 5) is 25.3. The first kappa shape index (κ1) is 21.8. The normalized spacial score (nSPS) is 15.5. The van der Waals surface area contributed by atoms with E-state index >= 15 is 0 Å². The molecular formula is C21H20BrNO4S2. The smallest absolute Gasteiger partial charge is 0.303 e. The van der Waals surface area contributed by atoms with E-state index in [-0.39, 0.29) is 12.3 Å². The van der Waals surface area contributed by atoms with E-state index in [1.807, 2.05) is 37.3 Å². The average molecular weight is 494 g/mol. The molecule has 1 aliphatic rings. The molecule has 0 unspecified atom stereocenters. The summed E-state index contributed by atoms with van der Waals surface area (Å²) in [5.41, 5.74) is 2.10. The first-order chi connectivity index (χ1) is 13.8. The summed E-state index contributed by atoms with van der Waals surface area (Å²) in [7, 11) is 0. The van der Waals surface area contributed by atoms with Crippen LogP contribution in [0.4, 0.5) is 0 Å². The lowest BCUT2D eigenvalue weighted by atomic mass is 10.1. The van der Waals surface area contributed by atoms with Crippen LogP contribution in [0.25, 0.3) is 17.4 Å². The van der Waals surface area contributed by atoms with Gasteiger partial charge in [0.05, 0.1) is 4.91 Å². The fourth-order valence-corrected chi connectivity index (χ4v) is 4.92. The average Bonchev–Trinajstić information content (AvgIpc) is 3.21. The Kier molecular flexibility index (Phi) is 7.32. The maximum atomic E-state index is 12.7. The van der Waals surface area contributed by atoms with Gasteiger partial charge in [-0.3, -0.25) is 14.5 Å². The lowest BCUT2D eigenvalue weighted by Gasteiger charge is -2.13. The minimum atomic E-state index is -0.797. The standard InChI is InChI=1S/C21H20BrNO4S2/c1-13-6-8-15(16(22)11-13)17-9-7-14(27-17)12-18-20(26)23(21(28)29-18)10-4-2-3-5-19(24)25/h6-9,11-12H,2-5,10H2,1H3,(H,24,25)/b18-12-. The molecule has 152 valence electrons. The van der Waals surface area contributed by atoms with E-state index in [0.717, 1.165) is 34.2 Å². The molecule has 0 atom stereocenters. The van der Waals surface area contributed by atoms with Crippen LogP contribution in [0.3, 0.4) is 0 Å². The van der Waals surface area contributed by atoms with Crippen molar-refractivity contribution in [3.05, 3.63) is 51.0 Å². The number of hydrogen-bond acceptors (Lipinski definition) is 5. The first-order valence-corrected chi connectivity index (χ1v) is 11.2. The molecule has 2 aromatic rings. The third-order valence-corrected chi connectivity index (χ3v) is 6.47. The zero-order valence-electron chi connectivity index (χ0n) is 15.8. The van der Waals surface area contributed by atoms with Crippen LogP contribution in [0.1, 0.15) is 37.0 Å². The second-order valence-corrected chi connectivity index (χ2v) is 9.25. The number of aryl methyl sites for hydroxylation is 1. The number of thioether (sulfide) groups is 1. The number of nitrogens with zero attached hydrogens (tertiary/aromatic N) is 1. The maximum Gasteiger partial charge on any atom is 0.303 e. The molecule has 1 fully saturated rings. The highest BCUT2D eigenvalue weighted by Gasteiger charge is 2.31. The number of carboxylic acid groups (broad SMARTS) is 1. The number of carboxylic acids is 1. The van der Waals surface area contributed by atoms with Crippen molar-refractivity contribution in [3.63, 3.8) is 0 Å². The van der Waals surface area contributed by atoms with Crippen molar-refractivity contribution < 1.29 is 19.1 Å². The van der Waals surface area contributed by atoms with Gasteiger partial charge in [-0.25, -0.2) is 0 Å². The van der Waals surface area contributed by atoms with Crippen LogP contribution in [-0.4, -0.2) is 32.7 Å². The monoisotopic (exact) mass is 493 g/mol. The van der Waals surface area contributed by atoms with Crippen molar-refractivity contribution in [2.45, 2.75) is 32.6 Å². The van der Waals surface area contributed by atoms with Crippen LogP contribution in [0, 0.1) is 6.92 Å². The summed E-state index contributed by atoms with van der Waals surface area (Å²) in [6, 6.07) is 9.75. The number of unbranched alkanes of at least 4 members (excludes halogenated alkanes) is 2. The van der Waals surface area contributed by atoms with E-state index < -0.39 is 5.97 Å². The molecule has 1 N–H and O–H groups in total. The Bertz CT molecular complexity index is 983. The molecule has 0 aliphatic carbocycles. The van der Waals surface area contributed by atoms with Crippen LogP contribution in [-0.2, 0) is 9.59 Å². The minimum absolute atomic E-state index is 0.132. The number of aliphatic carboxylic acids is 1. The van der Waals surface area contributed by atoms with Crippen molar-refractivity contribution in [2.75, 3.05) is 6.54 Å². The van der Waals surface area contributed by atoms with Crippen LogP contribution in [0.5, 0.6) is 0 Å². The second-order valence-electron chi connectivity index (χ2n) is 6.72. The third-order valence-electron chi connectivity index (χ3n) is 4.44. The van der Waals surface area contributed by atoms with Crippen LogP contribution in [0.15, 0.2) is 44.1 Å². The van der Waals surface area contributed by atoms with Crippen molar-refractivity contribution in [3.8, 4) is 11.3 Å². The van der Waals surface area contributed by atoms with Crippen molar-refractivity contribution >= 4 is 62.2 Å². The fourth-order valence-electron chi connectivity index (χ4n) is 2.94. The van der Waals surface area contributed by atoms with Gasteiger partial charge in [0, 0.05) is 29.1 Å². The Morgan fingerprint density at radius 1 is 1.28 bits per heavy atom. The highest BCUT2D eigenvalue weighted by Crippen LogP contribution is 2.35. The molecule has 1 amide bonds. The molecule has 3 rings (SSSR count). The summed E-state index contributed by atoms with van der Waals surface area (Å²) in [5, 5.41) is 8.68. The molecule has 8 heteroatoms. The number of carbonyl (C=O) groups is 2. The van der Waals surface area contributed by atoms with Gasteiger partial charge in [0.2, 0.25) is 0 Å². The Balaban J connectivity index is 1.65. The lowest BCUT2D eigenvalue weighted by Crippen LogP contribution is -2.29. The number of carbonyl (C=O) groups excluding carboxylic acids is 1. The Labute approximate surface area is 187 Å². The lowest BCUT2D eigenvalue weighted by molar-refractivity contribution is -0.137. The molecule has 0 bridgehead atoms. The number of furan rings is 1. The van der Waals surface area contributed by atoms with Gasteiger partial charge in [0.15, 0.2) is 0 Å². The first-order valence-electron chi connectivity index (χ1n) is 9.18. The molecule has 1 aliphatic heterocycles. The zero-order chi connectivity index (χ0) is 21.0. The SMILES string of the molecule is Cc1ccc(-c2ccc(/C=C3\SC(=S)N(CCCCCC(=O)O)C3=O)o2)c(Br)c1. The molecule has 0 radical (unpaired) electrons. The van der Waals surface area contributed by atoms with Gasteiger partial charge in [0.25, 0.3) is 5.91 Å². The fraction of sp³-hybridized carbons (Fsp3) is 0.286. The molecule has 5 nitrogen and oxygen atoms in total. The van der Waals surface area contributed by atoms with Gasteiger partial charge in [-0.05, 0) is 49.6 Å². The second kappa shape index (κ2) is 9.73. The van der Waals surface area contributed by atoms with Crippen molar-refractivity contribution in [1.82, 2.24) is 4.90 Å². The quantitative estimate of drug-likeness (QED) is 0.282. The van der Waals surface area contributed by atoms with Crippen molar-refractivity contribution in [1.29, 1.82) is 0 Å². The molecule has 1 saturated heterocycles. The Morgan fingerprint density at radius 3 is 2.79 bits per heavy atom. The van der Waals surface area contributed by atoms with Crippen LogP contribution >= 0.6 is 39.9 Å². The van der Waals surface area contributed by atoms with E-state index in [9.17, 15) is 9.59 Å². The topological polar surface area (TPSA) is 70.8 Å². The van der Waals surface area contributed by atoms with Gasteiger partial charge >= 0.3 is 5.97 Å². The molecule has 1 aromatic heterocycles. The molecule has 1 aromatic carbocycles. The number of hydrogen-bond donors (Lipinski definition) is 1. The van der Waals surface area contributed by atoms with Crippen LogP contribution in [0.2, 0.25) is 0 Å². The predicted octanol–water partition coefficient (Wildman–Crippen LogP) is 5.86. The number of benzene rings is 1. The summed E-state index contributed by atoms with van der Waals surface area (Å²) in [6.07, 6.45) is 3.93. The van der Waals surface area contributed by atoms with Gasteiger partial charge in [-0.2, -0.15) is 0 Å². The molecule has 0 saturated carbocycles. The van der Waals surface area contributed by atoms with Crippen LogP contribution < -0.4 is 0 Å². The van der Waals surface area contributed by atoms with Gasteiger partial charge in [-0.15, -0.1) is 0 Å². The highest BCUT2D eigenvalue weighted by molar-refractivity contribution is 9.10. The number of thiocarbonyl (C=S) groups is 1. The van der Waals surface area contributed by atoms with E-state index in [4.69, 9.17) is 21.7 Å². The number of halogens is 1. The zero-order valence-corrected chi connectivity index (χ0v) is 19.0. The summed E-state index contributed by atoms with van der Waals surface area (Å²) in [6.45, 7) is 2.53. The minimum Gasteiger partial charge on any atom is -0.481 e. The summed E-state index contributed by atoms with van der Waals surface area (Å²) in [5.74, 6) is 0.383. The van der Waals surface area contributed by atoms with E-state index in [1.165, 1.54) is 11.8 Å². The number of amides is 1. The van der Waals surface area contributed by atoms with E-state index in [2.05, 4.69) is 15.9 Å². The number of rotatable bonds is 8. The van der Waals surface area contributed by atoms with Gasteiger partial charge in [0.1, 0.15) is 15.8 Å². The summed E-state index contributed by atoms with van der Waals surface area (Å²) < 4.78 is 7.39. The predicted molar refractivity (Wildman–Crippen MR) is 123 cm³/mol. The molecule has 2 heterocycles. The maximum absolute atomic E-state index is 12.7. The highest BCUT2D eigenvalue weighted by atomic mass is 79.9. The Morgan fingerprint density at radius 2 is 2.07 bits per heavy atom. The largest absolute Gasteiger partial charge is 0.481 e. The van der Waals surface area contributed by atoms with E-state index in [0.29, 0.717) is 28.0 Å².